The summed E-state index contributed by atoms with van der Waals surface area (Å²) in [5.41, 5.74) is 2.30. The van der Waals surface area contributed by atoms with Crippen LogP contribution in [0.3, 0.4) is 0 Å². The van der Waals surface area contributed by atoms with Crippen molar-refractivity contribution in [2.75, 3.05) is 23.3 Å². The van der Waals surface area contributed by atoms with Gasteiger partial charge in [0.25, 0.3) is 5.91 Å². The fourth-order valence-electron chi connectivity index (χ4n) is 3.76. The summed E-state index contributed by atoms with van der Waals surface area (Å²) in [6.45, 7) is 4.32. The Hall–Kier alpha value is -2.23. The average molecular weight is 413 g/mol. The van der Waals surface area contributed by atoms with E-state index in [-0.39, 0.29) is 5.91 Å². The third kappa shape index (κ3) is 3.82. The van der Waals surface area contributed by atoms with Gasteiger partial charge in [0.15, 0.2) is 0 Å². The van der Waals surface area contributed by atoms with Crippen molar-refractivity contribution in [3.63, 3.8) is 0 Å². The Labute approximate surface area is 175 Å². The predicted octanol–water partition coefficient (Wildman–Crippen LogP) is 6.64. The molecule has 4 rings (SSSR count). The highest BCUT2D eigenvalue weighted by Crippen LogP contribution is 2.32. The number of amides is 1. The van der Waals surface area contributed by atoms with Gasteiger partial charge in [0.1, 0.15) is 0 Å². The molecule has 3 nitrogen and oxygen atoms in total. The van der Waals surface area contributed by atoms with E-state index in [2.05, 4.69) is 17.1 Å². The van der Waals surface area contributed by atoms with E-state index in [1.54, 1.807) is 6.07 Å². The summed E-state index contributed by atoms with van der Waals surface area (Å²) in [5, 5.41) is 5.95. The molecule has 0 aliphatic carbocycles. The lowest BCUT2D eigenvalue weighted by Gasteiger charge is -2.32. The molecule has 1 aliphatic heterocycles. The fraction of sp³-hybridized carbons (Fsp3) is 0.261. The molecule has 1 saturated heterocycles. The van der Waals surface area contributed by atoms with Crippen LogP contribution < -0.4 is 10.2 Å². The highest BCUT2D eigenvalue weighted by Gasteiger charge is 2.18. The molecule has 1 amide bonds. The molecule has 0 saturated carbocycles. The van der Waals surface area contributed by atoms with Crippen LogP contribution in [0.4, 0.5) is 11.4 Å². The molecular weight excluding hydrogens is 391 g/mol. The zero-order valence-electron chi connectivity index (χ0n) is 15.7. The second-order valence-corrected chi connectivity index (χ2v) is 8.24. The second-order valence-electron chi connectivity index (χ2n) is 7.43. The number of fused-ring (bicyclic) bond motifs is 1. The van der Waals surface area contributed by atoms with E-state index >= 15 is 0 Å². The van der Waals surface area contributed by atoms with Gasteiger partial charge >= 0.3 is 0 Å². The van der Waals surface area contributed by atoms with E-state index < -0.39 is 0 Å². The molecule has 0 radical (unpaired) electrons. The average Bonchev–Trinajstić information content (AvgIpc) is 2.69. The van der Waals surface area contributed by atoms with Crippen LogP contribution >= 0.6 is 23.2 Å². The van der Waals surface area contributed by atoms with Gasteiger partial charge in [0, 0.05) is 34.7 Å². The van der Waals surface area contributed by atoms with Gasteiger partial charge in [0.2, 0.25) is 0 Å². The van der Waals surface area contributed by atoms with Crippen molar-refractivity contribution in [1.82, 2.24) is 0 Å². The fourth-order valence-corrected chi connectivity index (χ4v) is 4.30. The molecule has 1 N–H and O–H groups in total. The van der Waals surface area contributed by atoms with Crippen molar-refractivity contribution >= 4 is 51.3 Å². The third-order valence-corrected chi connectivity index (χ3v) is 6.08. The molecule has 1 fully saturated rings. The number of carbonyl (C=O) groups excluding carboxylic acids is 1. The van der Waals surface area contributed by atoms with Gasteiger partial charge in [-0.3, -0.25) is 4.79 Å². The Bertz CT molecular complexity index is 1030. The maximum Gasteiger partial charge on any atom is 0.256 e. The van der Waals surface area contributed by atoms with Gasteiger partial charge in [-0.05, 0) is 54.5 Å². The van der Waals surface area contributed by atoms with Crippen molar-refractivity contribution in [3.05, 3.63) is 70.2 Å². The Morgan fingerprint density at radius 1 is 0.964 bits per heavy atom. The van der Waals surface area contributed by atoms with Gasteiger partial charge < -0.3 is 10.2 Å². The summed E-state index contributed by atoms with van der Waals surface area (Å²) in [5.74, 6) is 0.589. The van der Waals surface area contributed by atoms with Gasteiger partial charge in [-0.1, -0.05) is 54.4 Å². The predicted molar refractivity (Wildman–Crippen MR) is 119 cm³/mol. The second kappa shape index (κ2) is 8.02. The van der Waals surface area contributed by atoms with E-state index in [4.69, 9.17) is 23.2 Å². The van der Waals surface area contributed by atoms with E-state index in [1.165, 1.54) is 12.8 Å². The van der Waals surface area contributed by atoms with Crippen LogP contribution in [0.2, 0.25) is 10.0 Å². The molecule has 0 spiro atoms. The van der Waals surface area contributed by atoms with E-state index in [1.807, 2.05) is 48.5 Å². The van der Waals surface area contributed by atoms with Crippen LogP contribution in [0.15, 0.2) is 54.6 Å². The third-order valence-electron chi connectivity index (χ3n) is 5.44. The lowest BCUT2D eigenvalue weighted by atomic mass is 9.99. The van der Waals surface area contributed by atoms with Gasteiger partial charge in [-0.25, -0.2) is 0 Å². The molecule has 0 atom stereocenters. The Morgan fingerprint density at radius 2 is 1.68 bits per heavy atom. The minimum atomic E-state index is -0.177. The SMILES string of the molecule is CC1CCN(c2ccc(NC(=O)c3cccc4c(Cl)cccc34)cc2Cl)CC1. The first-order chi connectivity index (χ1) is 13.5. The number of halogens is 2. The lowest BCUT2D eigenvalue weighted by Crippen LogP contribution is -2.32. The Balaban J connectivity index is 1.56. The number of benzene rings is 3. The monoisotopic (exact) mass is 412 g/mol. The molecule has 3 aromatic rings. The summed E-state index contributed by atoms with van der Waals surface area (Å²) in [6.07, 6.45) is 2.36. The molecule has 1 heterocycles. The first-order valence-corrected chi connectivity index (χ1v) is 10.3. The minimum Gasteiger partial charge on any atom is -0.370 e. The molecular formula is C23H22Cl2N2O. The lowest BCUT2D eigenvalue weighted by molar-refractivity contribution is 0.102. The van der Waals surface area contributed by atoms with Crippen molar-refractivity contribution in [2.45, 2.75) is 19.8 Å². The van der Waals surface area contributed by atoms with E-state index in [0.29, 0.717) is 21.3 Å². The molecule has 3 aromatic carbocycles. The van der Waals surface area contributed by atoms with E-state index in [0.717, 1.165) is 35.5 Å². The highest BCUT2D eigenvalue weighted by molar-refractivity contribution is 6.36. The number of rotatable bonds is 3. The molecule has 28 heavy (non-hydrogen) atoms. The zero-order chi connectivity index (χ0) is 19.7. The summed E-state index contributed by atoms with van der Waals surface area (Å²) < 4.78 is 0. The van der Waals surface area contributed by atoms with E-state index in [9.17, 15) is 4.79 Å². The van der Waals surface area contributed by atoms with Crippen LogP contribution in [-0.2, 0) is 0 Å². The smallest absolute Gasteiger partial charge is 0.256 e. The maximum absolute atomic E-state index is 12.9. The van der Waals surface area contributed by atoms with Crippen molar-refractivity contribution in [3.8, 4) is 0 Å². The number of piperidine rings is 1. The van der Waals surface area contributed by atoms with Crippen LogP contribution in [0.25, 0.3) is 10.8 Å². The molecule has 144 valence electrons. The maximum atomic E-state index is 12.9. The number of anilines is 2. The van der Waals surface area contributed by atoms with Crippen LogP contribution in [-0.4, -0.2) is 19.0 Å². The molecule has 0 aromatic heterocycles. The first kappa shape index (κ1) is 19.1. The largest absolute Gasteiger partial charge is 0.370 e. The number of hydrogen-bond acceptors (Lipinski definition) is 2. The van der Waals surface area contributed by atoms with Crippen LogP contribution in [0.1, 0.15) is 30.1 Å². The standard InChI is InChI=1S/C23H22Cl2N2O/c1-15-10-12-27(13-11-15)22-9-8-16(14-21(22)25)26-23(28)19-6-2-5-18-17(19)4-3-7-20(18)24/h2-9,14-15H,10-13H2,1H3,(H,26,28). The minimum absolute atomic E-state index is 0.177. The number of carbonyl (C=O) groups is 1. The Morgan fingerprint density at radius 3 is 2.43 bits per heavy atom. The summed E-state index contributed by atoms with van der Waals surface area (Å²) in [7, 11) is 0. The van der Waals surface area contributed by atoms with Gasteiger partial charge in [-0.2, -0.15) is 0 Å². The highest BCUT2D eigenvalue weighted by atomic mass is 35.5. The normalized spacial score (nSPS) is 15.0. The molecule has 1 aliphatic rings. The van der Waals surface area contributed by atoms with Crippen molar-refractivity contribution < 1.29 is 4.79 Å². The summed E-state index contributed by atoms with van der Waals surface area (Å²) in [4.78, 5) is 15.2. The number of hydrogen-bond donors (Lipinski definition) is 1. The van der Waals surface area contributed by atoms with Gasteiger partial charge in [-0.15, -0.1) is 0 Å². The zero-order valence-corrected chi connectivity index (χ0v) is 17.2. The first-order valence-electron chi connectivity index (χ1n) is 9.56. The topological polar surface area (TPSA) is 32.3 Å². The van der Waals surface area contributed by atoms with Crippen molar-refractivity contribution in [1.29, 1.82) is 0 Å². The Kier molecular flexibility index (Phi) is 5.47. The van der Waals surface area contributed by atoms with Crippen LogP contribution in [0, 0.1) is 5.92 Å². The van der Waals surface area contributed by atoms with Crippen molar-refractivity contribution in [2.24, 2.45) is 5.92 Å². The summed E-state index contributed by atoms with van der Waals surface area (Å²) >= 11 is 12.8. The quantitative estimate of drug-likeness (QED) is 0.522. The number of nitrogens with zero attached hydrogens (tertiary/aromatic N) is 1. The molecule has 0 bridgehead atoms. The number of nitrogens with one attached hydrogen (secondary N) is 1. The van der Waals surface area contributed by atoms with Crippen LogP contribution in [0.5, 0.6) is 0 Å². The van der Waals surface area contributed by atoms with Gasteiger partial charge in [0.05, 0.1) is 10.7 Å². The molecule has 0 unspecified atom stereocenters. The summed E-state index contributed by atoms with van der Waals surface area (Å²) in [6, 6.07) is 16.9. The molecule has 5 heteroatoms.